The fourth-order valence-electron chi connectivity index (χ4n) is 4.98. The Balaban J connectivity index is 0.000000598. The second-order valence-corrected chi connectivity index (χ2v) is 11.3. The molecule has 2 atom stereocenters. The number of hydrogen-bond acceptors (Lipinski definition) is 8. The predicted octanol–water partition coefficient (Wildman–Crippen LogP) is 4.61. The van der Waals surface area contributed by atoms with Gasteiger partial charge in [-0.2, -0.15) is 0 Å². The molecule has 0 radical (unpaired) electrons. The lowest BCUT2D eigenvalue weighted by atomic mass is 10.1. The lowest BCUT2D eigenvalue weighted by molar-refractivity contribution is -0.132. The van der Waals surface area contributed by atoms with Crippen molar-refractivity contribution in [3.8, 4) is 0 Å². The summed E-state index contributed by atoms with van der Waals surface area (Å²) in [5, 5.41) is 0. The van der Waals surface area contributed by atoms with Crippen LogP contribution in [0, 0.1) is 11.8 Å². The zero-order chi connectivity index (χ0) is 29.5. The Kier molecular flexibility index (Phi) is 15.7. The number of carbonyl (C=O) groups excluding carboxylic acids is 1. The standard InChI is InChI=1S/C25H43N3O4.C6H12O2/c1-7-9-14-27(15-10-13-26(4)5)24(29)18-28-17-21(16-20(28)3)11-12-23(30-6)25-22(8-2)31-19-32-25;1-5(2)6-7-3-4-8-6/h8,11-12,20-21H,7,9-10,13-19H2,1-6H3;5-6H,3-4H2,1-2H3/b12-11+,22-8+,25-23-;. The third kappa shape index (κ3) is 11.4. The maximum absolute atomic E-state index is 13.1. The molecule has 3 rings (SSSR count). The van der Waals surface area contributed by atoms with E-state index in [2.05, 4.69) is 62.6 Å². The minimum Gasteiger partial charge on any atom is -0.493 e. The lowest BCUT2D eigenvalue weighted by Gasteiger charge is -2.27. The average Bonchev–Trinajstić information content (AvgIpc) is 3.69. The van der Waals surface area contributed by atoms with Gasteiger partial charge in [-0.05, 0) is 71.8 Å². The molecule has 3 aliphatic rings. The number of carbonyl (C=O) groups is 1. The summed E-state index contributed by atoms with van der Waals surface area (Å²) in [4.78, 5) is 19.6. The summed E-state index contributed by atoms with van der Waals surface area (Å²) in [5.74, 6) is 3.15. The number of unbranched alkanes of at least 4 members (excludes halogenated alkanes) is 1. The van der Waals surface area contributed by atoms with Crippen LogP contribution in [-0.4, -0.2) is 107 Å². The van der Waals surface area contributed by atoms with Gasteiger partial charge in [-0.3, -0.25) is 9.69 Å². The van der Waals surface area contributed by atoms with Gasteiger partial charge in [0.05, 0.1) is 26.9 Å². The van der Waals surface area contributed by atoms with E-state index in [0.717, 1.165) is 65.1 Å². The summed E-state index contributed by atoms with van der Waals surface area (Å²) in [6.45, 7) is 16.3. The Bertz CT molecular complexity index is 835. The van der Waals surface area contributed by atoms with E-state index in [-0.39, 0.29) is 19.0 Å². The molecule has 0 saturated carbocycles. The van der Waals surface area contributed by atoms with Crippen LogP contribution in [0.2, 0.25) is 0 Å². The van der Waals surface area contributed by atoms with Gasteiger partial charge in [0.15, 0.2) is 17.8 Å². The number of amides is 1. The topological polar surface area (TPSA) is 72.9 Å². The molecule has 0 aliphatic carbocycles. The number of likely N-dealkylation sites (tertiary alicyclic amines) is 1. The van der Waals surface area contributed by atoms with Gasteiger partial charge in [-0.15, -0.1) is 0 Å². The quantitative estimate of drug-likeness (QED) is 0.300. The van der Waals surface area contributed by atoms with Gasteiger partial charge in [0.25, 0.3) is 0 Å². The highest BCUT2D eigenvalue weighted by atomic mass is 16.7. The van der Waals surface area contributed by atoms with Crippen molar-refractivity contribution < 1.29 is 28.5 Å². The largest absolute Gasteiger partial charge is 0.493 e. The second-order valence-electron chi connectivity index (χ2n) is 11.3. The summed E-state index contributed by atoms with van der Waals surface area (Å²) in [7, 11) is 5.80. The third-order valence-electron chi connectivity index (χ3n) is 7.30. The van der Waals surface area contributed by atoms with Gasteiger partial charge < -0.3 is 33.5 Å². The van der Waals surface area contributed by atoms with Crippen LogP contribution in [0.1, 0.15) is 60.3 Å². The number of rotatable bonds is 13. The Hall–Kier alpha value is -2.07. The van der Waals surface area contributed by atoms with Crippen molar-refractivity contribution in [3.63, 3.8) is 0 Å². The molecule has 0 bridgehead atoms. The van der Waals surface area contributed by atoms with E-state index in [1.807, 2.05) is 19.1 Å². The van der Waals surface area contributed by atoms with Crippen LogP contribution in [0.4, 0.5) is 0 Å². The SMILES string of the molecule is C/C=C1/OCO/C1=C(/C=C/C1CC(C)N(CC(=O)N(CCCC)CCCN(C)C)C1)OC.CC(C)C1OCCO1. The molecule has 3 heterocycles. The molecular formula is C31H55N3O6. The highest BCUT2D eigenvalue weighted by molar-refractivity contribution is 5.78. The number of ether oxygens (including phenoxy) is 5. The molecule has 0 N–H and O–H groups in total. The zero-order valence-corrected chi connectivity index (χ0v) is 26.3. The van der Waals surface area contributed by atoms with Crippen molar-refractivity contribution in [1.82, 2.24) is 14.7 Å². The maximum Gasteiger partial charge on any atom is 0.236 e. The predicted molar refractivity (Wildman–Crippen MR) is 158 cm³/mol. The smallest absolute Gasteiger partial charge is 0.236 e. The van der Waals surface area contributed by atoms with E-state index in [4.69, 9.17) is 23.7 Å². The van der Waals surface area contributed by atoms with Crippen LogP contribution in [0.3, 0.4) is 0 Å². The molecule has 1 amide bonds. The molecular weight excluding hydrogens is 510 g/mol. The van der Waals surface area contributed by atoms with Crippen LogP contribution in [-0.2, 0) is 28.5 Å². The van der Waals surface area contributed by atoms with Gasteiger partial charge in [-0.25, -0.2) is 0 Å². The molecule has 0 aromatic carbocycles. The van der Waals surface area contributed by atoms with Crippen molar-refractivity contribution in [3.05, 3.63) is 35.5 Å². The van der Waals surface area contributed by atoms with Crippen molar-refractivity contribution in [2.45, 2.75) is 72.6 Å². The Morgan fingerprint density at radius 2 is 1.82 bits per heavy atom. The summed E-state index contributed by atoms with van der Waals surface area (Å²) < 4.78 is 26.9. The van der Waals surface area contributed by atoms with E-state index in [0.29, 0.717) is 41.7 Å². The first-order chi connectivity index (χ1) is 19.2. The van der Waals surface area contributed by atoms with E-state index in [1.165, 1.54) is 0 Å². The fourth-order valence-corrected chi connectivity index (χ4v) is 4.98. The normalized spacial score (nSPS) is 24.0. The zero-order valence-electron chi connectivity index (χ0n) is 26.3. The minimum atomic E-state index is 0.0648. The average molecular weight is 566 g/mol. The van der Waals surface area contributed by atoms with E-state index < -0.39 is 0 Å². The van der Waals surface area contributed by atoms with Gasteiger partial charge in [0.2, 0.25) is 18.5 Å². The Morgan fingerprint density at radius 3 is 2.40 bits per heavy atom. The minimum absolute atomic E-state index is 0.0648. The molecule has 0 aromatic rings. The molecule has 9 nitrogen and oxygen atoms in total. The molecule has 3 saturated heterocycles. The molecule has 40 heavy (non-hydrogen) atoms. The van der Waals surface area contributed by atoms with Crippen LogP contribution in [0.25, 0.3) is 0 Å². The first kappa shape index (κ1) is 34.1. The highest BCUT2D eigenvalue weighted by Gasteiger charge is 2.30. The Morgan fingerprint density at radius 1 is 1.12 bits per heavy atom. The molecule has 2 unspecified atom stereocenters. The maximum atomic E-state index is 13.1. The molecule has 3 aliphatic heterocycles. The highest BCUT2D eigenvalue weighted by Crippen LogP contribution is 2.28. The van der Waals surface area contributed by atoms with Crippen molar-refractivity contribution in [1.29, 1.82) is 0 Å². The summed E-state index contributed by atoms with van der Waals surface area (Å²) in [5.41, 5.74) is 0. The summed E-state index contributed by atoms with van der Waals surface area (Å²) >= 11 is 0. The molecule has 0 aromatic heterocycles. The fraction of sp³-hybridized carbons (Fsp3) is 0.774. The van der Waals surface area contributed by atoms with Gasteiger partial charge in [0, 0.05) is 31.6 Å². The molecule has 9 heteroatoms. The van der Waals surface area contributed by atoms with E-state index in [1.54, 1.807) is 7.11 Å². The van der Waals surface area contributed by atoms with Crippen molar-refractivity contribution >= 4 is 5.91 Å². The van der Waals surface area contributed by atoms with Crippen molar-refractivity contribution in [2.24, 2.45) is 11.8 Å². The summed E-state index contributed by atoms with van der Waals surface area (Å²) in [6.07, 6.45) is 10.3. The second kappa shape index (κ2) is 18.4. The molecule has 3 fully saturated rings. The molecule has 230 valence electrons. The first-order valence-corrected chi connectivity index (χ1v) is 15.0. The lowest BCUT2D eigenvalue weighted by Crippen LogP contribution is -2.43. The van der Waals surface area contributed by atoms with Gasteiger partial charge in [-0.1, -0.05) is 33.3 Å². The van der Waals surface area contributed by atoms with Gasteiger partial charge >= 0.3 is 0 Å². The van der Waals surface area contributed by atoms with E-state index in [9.17, 15) is 4.79 Å². The van der Waals surface area contributed by atoms with Crippen LogP contribution in [0.5, 0.6) is 0 Å². The monoisotopic (exact) mass is 565 g/mol. The number of allylic oxidation sites excluding steroid dienone is 2. The van der Waals surface area contributed by atoms with Crippen LogP contribution >= 0.6 is 0 Å². The molecule has 0 spiro atoms. The Labute approximate surface area is 243 Å². The number of nitrogens with zero attached hydrogens (tertiary/aromatic N) is 3. The van der Waals surface area contributed by atoms with Crippen LogP contribution < -0.4 is 0 Å². The summed E-state index contributed by atoms with van der Waals surface area (Å²) in [6, 6.07) is 0.374. The van der Waals surface area contributed by atoms with E-state index >= 15 is 0 Å². The number of hydrogen-bond donors (Lipinski definition) is 0. The first-order valence-electron chi connectivity index (χ1n) is 15.0. The van der Waals surface area contributed by atoms with Crippen LogP contribution in [0.15, 0.2) is 35.5 Å². The van der Waals surface area contributed by atoms with Gasteiger partial charge in [0.1, 0.15) is 0 Å². The third-order valence-corrected chi connectivity index (χ3v) is 7.30. The van der Waals surface area contributed by atoms with Crippen molar-refractivity contribution in [2.75, 3.05) is 73.9 Å². The number of methoxy groups -OCH3 is 1.